The first-order valence-electron chi connectivity index (χ1n) is 4.25. The Morgan fingerprint density at radius 1 is 1.62 bits per heavy atom. The summed E-state index contributed by atoms with van der Waals surface area (Å²) in [6.45, 7) is 1.02. The quantitative estimate of drug-likeness (QED) is 0.448. The van der Waals surface area contributed by atoms with E-state index < -0.39 is 5.97 Å². The van der Waals surface area contributed by atoms with E-state index in [-0.39, 0.29) is 19.1 Å². The molecule has 0 saturated heterocycles. The van der Waals surface area contributed by atoms with Crippen molar-refractivity contribution in [1.29, 1.82) is 0 Å². The van der Waals surface area contributed by atoms with Gasteiger partial charge >= 0.3 is 5.97 Å². The normalized spacial score (nSPS) is 12.8. The predicted octanol–water partition coefficient (Wildman–Crippen LogP) is -0.552. The van der Waals surface area contributed by atoms with E-state index in [4.69, 9.17) is 14.9 Å². The van der Waals surface area contributed by atoms with Gasteiger partial charge in [0.15, 0.2) is 0 Å². The van der Waals surface area contributed by atoms with Crippen molar-refractivity contribution in [3.05, 3.63) is 0 Å². The molecule has 0 radical (unpaired) electrons. The molecular weight excluding hydrogens is 174 g/mol. The molecule has 0 aromatic carbocycles. The summed E-state index contributed by atoms with van der Waals surface area (Å²) in [4.78, 5) is 10.1. The van der Waals surface area contributed by atoms with Gasteiger partial charge in [0.05, 0.1) is 19.3 Å². The first kappa shape index (κ1) is 12.3. The van der Waals surface area contributed by atoms with Crippen LogP contribution in [0.2, 0.25) is 0 Å². The Kier molecular flexibility index (Phi) is 7.57. The Balaban J connectivity index is 3.32. The molecule has 78 valence electrons. The number of carbonyl (C=O) groups is 1. The van der Waals surface area contributed by atoms with Gasteiger partial charge in [0.2, 0.25) is 0 Å². The van der Waals surface area contributed by atoms with Gasteiger partial charge in [-0.2, -0.15) is 0 Å². The number of hydrogen-bond donors (Lipinski definition) is 3. The highest BCUT2D eigenvalue weighted by Crippen LogP contribution is 1.89. The minimum Gasteiger partial charge on any atom is -0.481 e. The van der Waals surface area contributed by atoms with Crippen molar-refractivity contribution in [1.82, 2.24) is 5.32 Å². The Morgan fingerprint density at radius 2 is 2.31 bits per heavy atom. The van der Waals surface area contributed by atoms with E-state index >= 15 is 0 Å². The summed E-state index contributed by atoms with van der Waals surface area (Å²) in [5.74, 6) is -0.797. The summed E-state index contributed by atoms with van der Waals surface area (Å²) in [6, 6.07) is -0.0983. The van der Waals surface area contributed by atoms with Crippen LogP contribution in [0.1, 0.15) is 12.8 Å². The van der Waals surface area contributed by atoms with E-state index in [0.29, 0.717) is 19.6 Å². The monoisotopic (exact) mass is 191 g/mol. The summed E-state index contributed by atoms with van der Waals surface area (Å²) in [6.07, 6.45) is 0.716. The second kappa shape index (κ2) is 7.97. The topological polar surface area (TPSA) is 78.8 Å². The second-order valence-electron chi connectivity index (χ2n) is 2.79. The maximum atomic E-state index is 10.1. The van der Waals surface area contributed by atoms with Gasteiger partial charge in [-0.15, -0.1) is 0 Å². The maximum Gasteiger partial charge on any atom is 0.303 e. The van der Waals surface area contributed by atoms with Crippen molar-refractivity contribution in [3.8, 4) is 0 Å². The summed E-state index contributed by atoms with van der Waals surface area (Å²) in [5, 5.41) is 20.1. The minimum absolute atomic E-state index is 0.000904. The van der Waals surface area contributed by atoms with E-state index in [1.54, 1.807) is 7.11 Å². The van der Waals surface area contributed by atoms with Gasteiger partial charge in [-0.25, -0.2) is 0 Å². The average molecular weight is 191 g/mol. The van der Waals surface area contributed by atoms with Crippen LogP contribution in [-0.4, -0.2) is 49.1 Å². The molecule has 5 nitrogen and oxygen atoms in total. The summed E-state index contributed by atoms with van der Waals surface area (Å²) >= 11 is 0. The Morgan fingerprint density at radius 3 is 2.77 bits per heavy atom. The van der Waals surface area contributed by atoms with Crippen LogP contribution in [0, 0.1) is 0 Å². The lowest BCUT2D eigenvalue weighted by molar-refractivity contribution is -0.137. The van der Waals surface area contributed by atoms with Crippen molar-refractivity contribution < 1.29 is 19.7 Å². The predicted molar refractivity (Wildman–Crippen MR) is 47.6 cm³/mol. The molecule has 0 fully saturated rings. The third-order valence-corrected chi connectivity index (χ3v) is 1.59. The molecule has 0 bridgehead atoms. The maximum absolute atomic E-state index is 10.1. The van der Waals surface area contributed by atoms with Crippen LogP contribution < -0.4 is 5.32 Å². The summed E-state index contributed by atoms with van der Waals surface area (Å²) in [7, 11) is 1.56. The molecule has 1 unspecified atom stereocenters. The van der Waals surface area contributed by atoms with Gasteiger partial charge in [0.1, 0.15) is 0 Å². The fourth-order valence-electron chi connectivity index (χ4n) is 0.923. The van der Waals surface area contributed by atoms with Gasteiger partial charge < -0.3 is 20.3 Å². The number of ether oxygens (including phenoxy) is 1. The van der Waals surface area contributed by atoms with Crippen molar-refractivity contribution in [2.24, 2.45) is 0 Å². The molecule has 0 rings (SSSR count). The number of aliphatic hydroxyl groups is 1. The smallest absolute Gasteiger partial charge is 0.303 e. The molecule has 0 spiro atoms. The molecule has 5 heteroatoms. The van der Waals surface area contributed by atoms with Crippen molar-refractivity contribution in [3.63, 3.8) is 0 Å². The molecule has 0 aromatic heterocycles. The molecule has 0 amide bonds. The van der Waals surface area contributed by atoms with Gasteiger partial charge in [0, 0.05) is 13.5 Å². The van der Waals surface area contributed by atoms with Gasteiger partial charge in [-0.1, -0.05) is 0 Å². The third-order valence-electron chi connectivity index (χ3n) is 1.59. The number of carboxylic acid groups (broad SMARTS) is 1. The zero-order valence-electron chi connectivity index (χ0n) is 7.82. The highest BCUT2D eigenvalue weighted by atomic mass is 16.5. The standard InChI is InChI=1S/C8H17NO4/c1-13-6-7(5-10)9-4-2-3-8(11)12/h7,9-10H,2-6H2,1H3,(H,11,12). The molecule has 0 aromatic rings. The fourth-order valence-corrected chi connectivity index (χ4v) is 0.923. The Hall–Kier alpha value is -0.650. The van der Waals surface area contributed by atoms with Crippen LogP contribution in [0.5, 0.6) is 0 Å². The number of methoxy groups -OCH3 is 1. The van der Waals surface area contributed by atoms with Crippen LogP contribution in [0.3, 0.4) is 0 Å². The fraction of sp³-hybridized carbons (Fsp3) is 0.875. The third kappa shape index (κ3) is 7.70. The Labute approximate surface area is 77.7 Å². The second-order valence-corrected chi connectivity index (χ2v) is 2.79. The number of aliphatic carboxylic acids is 1. The van der Waals surface area contributed by atoms with Crippen LogP contribution in [-0.2, 0) is 9.53 Å². The SMILES string of the molecule is COCC(CO)NCCCC(=O)O. The average Bonchev–Trinajstić information content (AvgIpc) is 2.10. The Bertz CT molecular complexity index is 140. The molecule has 0 saturated carbocycles. The zero-order valence-corrected chi connectivity index (χ0v) is 7.82. The lowest BCUT2D eigenvalue weighted by Crippen LogP contribution is -2.37. The van der Waals surface area contributed by atoms with Crippen LogP contribution in [0.25, 0.3) is 0 Å². The van der Waals surface area contributed by atoms with Gasteiger partial charge in [-0.3, -0.25) is 4.79 Å². The molecule has 0 heterocycles. The molecule has 0 aliphatic rings. The van der Waals surface area contributed by atoms with Crippen LogP contribution in [0.15, 0.2) is 0 Å². The number of carboxylic acids is 1. The van der Waals surface area contributed by atoms with Gasteiger partial charge in [-0.05, 0) is 13.0 Å². The number of nitrogens with one attached hydrogen (secondary N) is 1. The largest absolute Gasteiger partial charge is 0.481 e. The van der Waals surface area contributed by atoms with Gasteiger partial charge in [0.25, 0.3) is 0 Å². The van der Waals surface area contributed by atoms with Crippen molar-refractivity contribution >= 4 is 5.97 Å². The van der Waals surface area contributed by atoms with Crippen molar-refractivity contribution in [2.75, 3.05) is 26.9 Å². The summed E-state index contributed by atoms with van der Waals surface area (Å²) in [5.41, 5.74) is 0. The van der Waals surface area contributed by atoms with E-state index in [2.05, 4.69) is 5.32 Å². The van der Waals surface area contributed by atoms with E-state index in [1.165, 1.54) is 0 Å². The lowest BCUT2D eigenvalue weighted by Gasteiger charge is -2.14. The minimum atomic E-state index is -0.797. The first-order chi connectivity index (χ1) is 6.20. The first-order valence-corrected chi connectivity index (χ1v) is 4.25. The number of hydrogen-bond acceptors (Lipinski definition) is 4. The number of aliphatic hydroxyl groups excluding tert-OH is 1. The van der Waals surface area contributed by atoms with E-state index in [1.807, 2.05) is 0 Å². The highest BCUT2D eigenvalue weighted by Gasteiger charge is 2.05. The molecule has 1 atom stereocenters. The lowest BCUT2D eigenvalue weighted by atomic mass is 10.3. The molecule has 0 aliphatic carbocycles. The highest BCUT2D eigenvalue weighted by molar-refractivity contribution is 5.66. The van der Waals surface area contributed by atoms with Crippen LogP contribution in [0.4, 0.5) is 0 Å². The molecular formula is C8H17NO4. The molecule has 0 aliphatic heterocycles. The molecule has 3 N–H and O–H groups in total. The zero-order chi connectivity index (χ0) is 10.1. The molecule has 13 heavy (non-hydrogen) atoms. The summed E-state index contributed by atoms with van der Waals surface area (Å²) < 4.78 is 4.83. The van der Waals surface area contributed by atoms with E-state index in [0.717, 1.165) is 0 Å². The van der Waals surface area contributed by atoms with E-state index in [9.17, 15) is 4.79 Å². The van der Waals surface area contributed by atoms with Crippen molar-refractivity contribution in [2.45, 2.75) is 18.9 Å². The van der Waals surface area contributed by atoms with Crippen LogP contribution >= 0.6 is 0 Å². The number of rotatable bonds is 8.